The van der Waals surface area contributed by atoms with Crippen LogP contribution in [0.3, 0.4) is 0 Å². The number of carbonyl (C=O) groups is 1. The summed E-state index contributed by atoms with van der Waals surface area (Å²) in [7, 11) is 0. The van der Waals surface area contributed by atoms with Gasteiger partial charge in [0.1, 0.15) is 0 Å². The van der Waals surface area contributed by atoms with Gasteiger partial charge in [-0.15, -0.1) is 11.3 Å². The van der Waals surface area contributed by atoms with Crippen LogP contribution in [0.25, 0.3) is 0 Å². The maximum absolute atomic E-state index is 11.2. The minimum absolute atomic E-state index is 0.104. The summed E-state index contributed by atoms with van der Waals surface area (Å²) in [6.07, 6.45) is 2.98. The van der Waals surface area contributed by atoms with E-state index in [0.717, 1.165) is 25.0 Å². The topological polar surface area (TPSA) is 68.0 Å². The fraction of sp³-hybridized carbons (Fsp3) is 0.714. The molecule has 1 saturated carbocycles. The predicted molar refractivity (Wildman–Crippen MR) is 76.1 cm³/mol. The van der Waals surface area contributed by atoms with Gasteiger partial charge in [0.25, 0.3) is 0 Å². The smallest absolute Gasteiger partial charge is 0.234 e. The van der Waals surface area contributed by atoms with E-state index in [9.17, 15) is 4.79 Å². The Morgan fingerprint density at radius 2 is 2.37 bits per heavy atom. The van der Waals surface area contributed by atoms with Gasteiger partial charge in [0, 0.05) is 22.8 Å². The Labute approximate surface area is 117 Å². The number of thiazole rings is 1. The lowest BCUT2D eigenvalue weighted by atomic mass is 9.93. The second-order valence-corrected chi connectivity index (χ2v) is 7.89. The van der Waals surface area contributed by atoms with Crippen molar-refractivity contribution in [2.24, 2.45) is 11.7 Å². The highest BCUT2D eigenvalue weighted by atomic mass is 32.1. The lowest BCUT2D eigenvalue weighted by Crippen LogP contribution is -2.44. The first-order valence-corrected chi connectivity index (χ1v) is 7.70. The number of hydrogen-bond donors (Lipinski definition) is 2. The molecule has 1 aromatic rings. The van der Waals surface area contributed by atoms with Crippen LogP contribution in [-0.4, -0.2) is 22.5 Å². The molecule has 1 aliphatic heterocycles. The lowest BCUT2D eigenvalue weighted by Gasteiger charge is -2.16. The molecule has 3 rings (SSSR count). The lowest BCUT2D eigenvalue weighted by molar-refractivity contribution is -0.120. The van der Waals surface area contributed by atoms with Gasteiger partial charge < -0.3 is 5.73 Å². The molecule has 2 fully saturated rings. The van der Waals surface area contributed by atoms with Crippen LogP contribution >= 0.6 is 11.3 Å². The molecule has 3 atom stereocenters. The zero-order chi connectivity index (χ0) is 13.8. The Morgan fingerprint density at radius 3 is 2.89 bits per heavy atom. The molecule has 1 aliphatic carbocycles. The van der Waals surface area contributed by atoms with Crippen molar-refractivity contribution < 1.29 is 4.79 Å². The van der Waals surface area contributed by atoms with Gasteiger partial charge in [-0.05, 0) is 18.8 Å². The second kappa shape index (κ2) is 4.03. The Bertz CT molecular complexity index is 519. The van der Waals surface area contributed by atoms with Crippen molar-refractivity contribution in [1.82, 2.24) is 10.3 Å². The van der Waals surface area contributed by atoms with Crippen molar-refractivity contribution in [1.29, 1.82) is 0 Å². The number of nitrogens with one attached hydrogen (secondary N) is 1. The molecular weight excluding hydrogens is 258 g/mol. The molecule has 1 amide bonds. The van der Waals surface area contributed by atoms with Crippen LogP contribution in [0.1, 0.15) is 44.3 Å². The average molecular weight is 279 g/mol. The third kappa shape index (κ3) is 2.30. The van der Waals surface area contributed by atoms with Crippen LogP contribution in [0.15, 0.2) is 5.38 Å². The summed E-state index contributed by atoms with van der Waals surface area (Å²) in [4.78, 5) is 16.0. The number of carbonyl (C=O) groups excluding carboxylic acids is 1. The molecule has 4 nitrogen and oxygen atoms in total. The predicted octanol–water partition coefficient (Wildman–Crippen LogP) is 1.59. The van der Waals surface area contributed by atoms with E-state index in [0.29, 0.717) is 5.92 Å². The second-order valence-electron chi connectivity index (χ2n) is 6.95. The van der Waals surface area contributed by atoms with Gasteiger partial charge >= 0.3 is 0 Å². The van der Waals surface area contributed by atoms with Crippen molar-refractivity contribution in [3.05, 3.63) is 16.1 Å². The third-order valence-electron chi connectivity index (χ3n) is 4.34. The quantitative estimate of drug-likeness (QED) is 0.883. The molecule has 3 unspecified atom stereocenters. The molecule has 2 heterocycles. The van der Waals surface area contributed by atoms with E-state index in [1.165, 1.54) is 5.01 Å². The van der Waals surface area contributed by atoms with E-state index in [4.69, 9.17) is 10.7 Å². The van der Waals surface area contributed by atoms with Gasteiger partial charge in [-0.2, -0.15) is 0 Å². The van der Waals surface area contributed by atoms with Crippen molar-refractivity contribution in [3.8, 4) is 0 Å². The molecule has 104 valence electrons. The van der Waals surface area contributed by atoms with E-state index < -0.39 is 0 Å². The monoisotopic (exact) mass is 279 g/mol. The number of amides is 1. The van der Waals surface area contributed by atoms with Crippen LogP contribution < -0.4 is 11.1 Å². The molecular formula is C14H21N3OS. The highest BCUT2D eigenvalue weighted by Gasteiger charge is 2.61. The molecule has 1 aromatic heterocycles. The summed E-state index contributed by atoms with van der Waals surface area (Å²) in [6.45, 7) is 6.54. The van der Waals surface area contributed by atoms with Gasteiger partial charge in [-0.1, -0.05) is 20.8 Å². The molecule has 3 N–H and O–H groups in total. The van der Waals surface area contributed by atoms with Crippen LogP contribution in [0, 0.1) is 5.92 Å². The van der Waals surface area contributed by atoms with E-state index in [-0.39, 0.29) is 22.9 Å². The molecule has 0 spiro atoms. The van der Waals surface area contributed by atoms with E-state index in [1.807, 2.05) is 0 Å². The summed E-state index contributed by atoms with van der Waals surface area (Å²) in [5.74, 6) is 0.382. The Kier molecular flexibility index (Phi) is 2.77. The number of nitrogens with zero attached hydrogens (tertiary/aromatic N) is 1. The van der Waals surface area contributed by atoms with Gasteiger partial charge in [0.05, 0.1) is 16.7 Å². The highest BCUT2D eigenvalue weighted by molar-refractivity contribution is 7.09. The van der Waals surface area contributed by atoms with Crippen LogP contribution in [0.2, 0.25) is 0 Å². The number of aromatic nitrogens is 1. The Morgan fingerprint density at radius 1 is 1.63 bits per heavy atom. The van der Waals surface area contributed by atoms with E-state index >= 15 is 0 Å². The van der Waals surface area contributed by atoms with Gasteiger partial charge in [-0.25, -0.2) is 4.98 Å². The largest absolute Gasteiger partial charge is 0.368 e. The fourth-order valence-corrected chi connectivity index (χ4v) is 4.16. The zero-order valence-electron chi connectivity index (χ0n) is 11.7. The van der Waals surface area contributed by atoms with Crippen LogP contribution in [0.5, 0.6) is 0 Å². The SMILES string of the molecule is CC(C)(C)c1csc(CC23CC2CC(C(N)=O)N3)n1. The maximum Gasteiger partial charge on any atom is 0.234 e. The highest BCUT2D eigenvalue weighted by Crippen LogP contribution is 2.53. The number of hydrogen-bond acceptors (Lipinski definition) is 4. The third-order valence-corrected chi connectivity index (χ3v) is 5.19. The standard InChI is InChI=1S/C14H21N3OS/c1-13(2,3)10-7-19-11(16-10)6-14-5-8(14)4-9(17-14)12(15)18/h7-9,17H,4-6H2,1-3H3,(H2,15,18). The van der Waals surface area contributed by atoms with Crippen molar-refractivity contribution in [2.45, 2.75) is 57.0 Å². The first kappa shape index (κ1) is 13.1. The summed E-state index contributed by atoms with van der Waals surface area (Å²) < 4.78 is 0. The molecule has 19 heavy (non-hydrogen) atoms. The fourth-order valence-electron chi connectivity index (χ4n) is 3.02. The van der Waals surface area contributed by atoms with Gasteiger partial charge in [0.15, 0.2) is 0 Å². The number of primary amides is 1. The Balaban J connectivity index is 1.70. The minimum Gasteiger partial charge on any atom is -0.368 e. The van der Waals surface area contributed by atoms with Crippen molar-refractivity contribution in [2.75, 3.05) is 0 Å². The number of rotatable bonds is 3. The molecule has 0 bridgehead atoms. The van der Waals surface area contributed by atoms with Crippen LogP contribution in [0.4, 0.5) is 0 Å². The summed E-state index contributed by atoms with van der Waals surface area (Å²) in [5, 5.41) is 6.76. The summed E-state index contributed by atoms with van der Waals surface area (Å²) >= 11 is 1.73. The van der Waals surface area contributed by atoms with Crippen molar-refractivity contribution in [3.63, 3.8) is 0 Å². The average Bonchev–Trinajstić information content (AvgIpc) is 2.69. The first-order chi connectivity index (χ1) is 8.80. The summed E-state index contributed by atoms with van der Waals surface area (Å²) in [6, 6.07) is -0.138. The first-order valence-electron chi connectivity index (χ1n) is 6.82. The molecule has 5 heteroatoms. The van der Waals surface area contributed by atoms with Crippen LogP contribution in [-0.2, 0) is 16.6 Å². The van der Waals surface area contributed by atoms with Crippen molar-refractivity contribution >= 4 is 17.2 Å². The molecule has 0 aromatic carbocycles. The normalized spacial score (nSPS) is 33.2. The number of fused-ring (bicyclic) bond motifs is 1. The molecule has 0 radical (unpaired) electrons. The maximum atomic E-state index is 11.2. The Hall–Kier alpha value is -0.940. The summed E-state index contributed by atoms with van der Waals surface area (Å²) in [5.41, 5.74) is 6.75. The van der Waals surface area contributed by atoms with E-state index in [1.54, 1.807) is 11.3 Å². The molecule has 2 aliphatic rings. The van der Waals surface area contributed by atoms with E-state index in [2.05, 4.69) is 31.5 Å². The minimum atomic E-state index is -0.221. The zero-order valence-corrected chi connectivity index (χ0v) is 12.5. The number of nitrogens with two attached hydrogens (primary N) is 1. The molecule has 1 saturated heterocycles. The van der Waals surface area contributed by atoms with Gasteiger partial charge in [0.2, 0.25) is 5.91 Å². The van der Waals surface area contributed by atoms with Gasteiger partial charge in [-0.3, -0.25) is 10.1 Å². The number of piperidine rings is 1.